The number of nitrogens with one attached hydrogen (secondary N) is 1. The standard InChI is InChI=1S/C20H19FN2O3/c1-13-10-15(4-7-17(13)21)11-22-20(26)16-5-2-14(3-6-16)12-23-18(24)8-9-19(23)25/h2-7,10H,8-9,11-12H2,1H3,(H,22,26). The molecule has 0 bridgehead atoms. The van der Waals surface area contributed by atoms with Crippen LogP contribution in [0.4, 0.5) is 4.39 Å². The first-order chi connectivity index (χ1) is 12.4. The van der Waals surface area contributed by atoms with Gasteiger partial charge in [-0.3, -0.25) is 19.3 Å². The van der Waals surface area contributed by atoms with Gasteiger partial charge in [0.25, 0.3) is 5.91 Å². The van der Waals surface area contributed by atoms with E-state index in [0.717, 1.165) is 11.1 Å². The number of hydrogen-bond acceptors (Lipinski definition) is 3. The Kier molecular flexibility index (Phi) is 5.11. The molecule has 0 aromatic heterocycles. The fraction of sp³-hybridized carbons (Fsp3) is 0.250. The van der Waals surface area contributed by atoms with Gasteiger partial charge in [0.15, 0.2) is 0 Å². The Morgan fingerprint density at radius 2 is 1.65 bits per heavy atom. The van der Waals surface area contributed by atoms with Crippen LogP contribution < -0.4 is 5.32 Å². The zero-order valence-electron chi connectivity index (χ0n) is 14.4. The highest BCUT2D eigenvalue weighted by Gasteiger charge is 2.28. The van der Waals surface area contributed by atoms with E-state index in [2.05, 4.69) is 5.32 Å². The Bertz CT molecular complexity index is 846. The van der Waals surface area contributed by atoms with Gasteiger partial charge in [0.05, 0.1) is 6.54 Å². The Morgan fingerprint density at radius 1 is 1.04 bits per heavy atom. The van der Waals surface area contributed by atoms with Gasteiger partial charge in [-0.05, 0) is 41.8 Å². The number of carbonyl (C=O) groups excluding carboxylic acids is 3. The van der Waals surface area contributed by atoms with Gasteiger partial charge < -0.3 is 5.32 Å². The third kappa shape index (κ3) is 3.96. The van der Waals surface area contributed by atoms with Crippen molar-refractivity contribution in [3.05, 3.63) is 70.5 Å². The Balaban J connectivity index is 1.59. The number of hydrogen-bond donors (Lipinski definition) is 1. The maximum atomic E-state index is 13.3. The molecule has 1 aliphatic rings. The molecule has 26 heavy (non-hydrogen) atoms. The molecule has 3 amide bonds. The lowest BCUT2D eigenvalue weighted by molar-refractivity contribution is -0.139. The van der Waals surface area contributed by atoms with Crippen LogP contribution in [0.5, 0.6) is 0 Å². The lowest BCUT2D eigenvalue weighted by Gasteiger charge is -2.14. The second-order valence-electron chi connectivity index (χ2n) is 6.34. The Labute approximate surface area is 150 Å². The fourth-order valence-corrected chi connectivity index (χ4v) is 2.84. The van der Waals surface area contributed by atoms with Crippen LogP contribution in [0.25, 0.3) is 0 Å². The lowest BCUT2D eigenvalue weighted by atomic mass is 10.1. The van der Waals surface area contributed by atoms with Gasteiger partial charge in [-0.15, -0.1) is 0 Å². The SMILES string of the molecule is Cc1cc(CNC(=O)c2ccc(CN3C(=O)CCC3=O)cc2)ccc1F. The van der Waals surface area contributed by atoms with E-state index in [1.165, 1.54) is 11.0 Å². The molecule has 1 heterocycles. The van der Waals surface area contributed by atoms with Crippen molar-refractivity contribution >= 4 is 17.7 Å². The van der Waals surface area contributed by atoms with E-state index in [-0.39, 0.29) is 42.9 Å². The minimum atomic E-state index is -0.273. The highest BCUT2D eigenvalue weighted by Crippen LogP contribution is 2.16. The summed E-state index contributed by atoms with van der Waals surface area (Å²) in [4.78, 5) is 36.8. The number of benzene rings is 2. The number of imide groups is 1. The van der Waals surface area contributed by atoms with Crippen molar-refractivity contribution in [1.29, 1.82) is 0 Å². The Hall–Kier alpha value is -3.02. The number of aryl methyl sites for hydroxylation is 1. The molecule has 2 aromatic carbocycles. The molecule has 1 saturated heterocycles. The van der Waals surface area contributed by atoms with Crippen LogP contribution in [0.3, 0.4) is 0 Å². The predicted molar refractivity (Wildman–Crippen MR) is 93.5 cm³/mol. The van der Waals surface area contributed by atoms with E-state index in [9.17, 15) is 18.8 Å². The minimum Gasteiger partial charge on any atom is -0.348 e. The first-order valence-electron chi connectivity index (χ1n) is 8.39. The summed E-state index contributed by atoms with van der Waals surface area (Å²) in [5.74, 6) is -0.838. The molecule has 6 heteroatoms. The summed E-state index contributed by atoms with van der Waals surface area (Å²) in [7, 11) is 0. The third-order valence-corrected chi connectivity index (χ3v) is 4.39. The van der Waals surface area contributed by atoms with Crippen LogP contribution in [0, 0.1) is 12.7 Å². The molecule has 0 radical (unpaired) electrons. The Morgan fingerprint density at radius 3 is 2.27 bits per heavy atom. The molecule has 1 N–H and O–H groups in total. The van der Waals surface area contributed by atoms with Gasteiger partial charge in [-0.2, -0.15) is 0 Å². The molecule has 0 aliphatic carbocycles. The minimum absolute atomic E-state index is 0.161. The van der Waals surface area contributed by atoms with Crippen molar-refractivity contribution in [3.63, 3.8) is 0 Å². The van der Waals surface area contributed by atoms with E-state index in [1.54, 1.807) is 43.3 Å². The molecule has 2 aromatic rings. The van der Waals surface area contributed by atoms with E-state index < -0.39 is 0 Å². The quantitative estimate of drug-likeness (QED) is 0.840. The van der Waals surface area contributed by atoms with Crippen LogP contribution in [-0.4, -0.2) is 22.6 Å². The van der Waals surface area contributed by atoms with Gasteiger partial charge in [0.1, 0.15) is 5.82 Å². The van der Waals surface area contributed by atoms with Crippen molar-refractivity contribution < 1.29 is 18.8 Å². The molecular weight excluding hydrogens is 335 g/mol. The number of likely N-dealkylation sites (tertiary alicyclic amines) is 1. The van der Waals surface area contributed by atoms with Crippen molar-refractivity contribution in [1.82, 2.24) is 10.2 Å². The second kappa shape index (κ2) is 7.47. The summed E-state index contributed by atoms with van der Waals surface area (Å²) in [6, 6.07) is 11.5. The monoisotopic (exact) mass is 354 g/mol. The highest BCUT2D eigenvalue weighted by atomic mass is 19.1. The van der Waals surface area contributed by atoms with Crippen molar-refractivity contribution in [2.24, 2.45) is 0 Å². The van der Waals surface area contributed by atoms with E-state index in [4.69, 9.17) is 0 Å². The average Bonchev–Trinajstić information content (AvgIpc) is 2.95. The van der Waals surface area contributed by atoms with Crippen LogP contribution in [0.1, 0.15) is 39.9 Å². The number of amides is 3. The maximum Gasteiger partial charge on any atom is 0.251 e. The topological polar surface area (TPSA) is 66.5 Å². The summed E-state index contributed by atoms with van der Waals surface area (Å²) in [6.45, 7) is 2.21. The lowest BCUT2D eigenvalue weighted by Crippen LogP contribution is -2.28. The van der Waals surface area contributed by atoms with Gasteiger partial charge in [0.2, 0.25) is 11.8 Å². The average molecular weight is 354 g/mol. The van der Waals surface area contributed by atoms with Gasteiger partial charge in [-0.25, -0.2) is 4.39 Å². The summed E-state index contributed by atoms with van der Waals surface area (Å²) in [5, 5.41) is 2.79. The van der Waals surface area contributed by atoms with Crippen LogP contribution >= 0.6 is 0 Å². The van der Waals surface area contributed by atoms with Crippen LogP contribution in [-0.2, 0) is 22.7 Å². The summed E-state index contributed by atoms with van der Waals surface area (Å²) >= 11 is 0. The van der Waals surface area contributed by atoms with E-state index >= 15 is 0 Å². The van der Waals surface area contributed by atoms with Crippen LogP contribution in [0.2, 0.25) is 0 Å². The first-order valence-corrected chi connectivity index (χ1v) is 8.39. The molecule has 1 fully saturated rings. The highest BCUT2D eigenvalue weighted by molar-refractivity contribution is 6.01. The molecule has 0 spiro atoms. The van der Waals surface area contributed by atoms with Crippen molar-refractivity contribution in [2.75, 3.05) is 0 Å². The summed E-state index contributed by atoms with van der Waals surface area (Å²) in [6.07, 6.45) is 0.532. The molecule has 1 aliphatic heterocycles. The predicted octanol–water partition coefficient (Wildman–Crippen LogP) is 2.71. The maximum absolute atomic E-state index is 13.3. The number of carbonyl (C=O) groups is 3. The molecule has 3 rings (SSSR count). The largest absolute Gasteiger partial charge is 0.348 e. The smallest absolute Gasteiger partial charge is 0.251 e. The normalized spacial score (nSPS) is 14.0. The summed E-state index contributed by atoms with van der Waals surface area (Å²) < 4.78 is 13.3. The molecule has 0 saturated carbocycles. The summed E-state index contributed by atoms with van der Waals surface area (Å²) in [5.41, 5.74) is 2.62. The molecule has 0 atom stereocenters. The second-order valence-corrected chi connectivity index (χ2v) is 6.34. The number of halogens is 1. The van der Waals surface area contributed by atoms with Gasteiger partial charge in [-0.1, -0.05) is 24.3 Å². The first kappa shape index (κ1) is 17.8. The molecule has 0 unspecified atom stereocenters. The van der Waals surface area contributed by atoms with Gasteiger partial charge >= 0.3 is 0 Å². The zero-order valence-corrected chi connectivity index (χ0v) is 14.4. The molecule has 5 nitrogen and oxygen atoms in total. The van der Waals surface area contributed by atoms with Crippen LogP contribution in [0.15, 0.2) is 42.5 Å². The number of nitrogens with zero attached hydrogens (tertiary/aromatic N) is 1. The molecular formula is C20H19FN2O3. The number of rotatable bonds is 5. The zero-order chi connectivity index (χ0) is 18.7. The van der Waals surface area contributed by atoms with Crippen molar-refractivity contribution in [2.45, 2.75) is 32.9 Å². The fourth-order valence-electron chi connectivity index (χ4n) is 2.84. The molecule has 134 valence electrons. The van der Waals surface area contributed by atoms with Gasteiger partial charge in [0, 0.05) is 24.9 Å². The van der Waals surface area contributed by atoms with Crippen molar-refractivity contribution in [3.8, 4) is 0 Å². The van der Waals surface area contributed by atoms with E-state index in [1.807, 2.05) is 0 Å². The van der Waals surface area contributed by atoms with E-state index in [0.29, 0.717) is 17.7 Å². The third-order valence-electron chi connectivity index (χ3n) is 4.39.